The first-order valence-electron chi connectivity index (χ1n) is 9.54. The van der Waals surface area contributed by atoms with Gasteiger partial charge in [0.15, 0.2) is 0 Å². The minimum atomic E-state index is -4.52. The molecule has 1 fully saturated rings. The van der Waals surface area contributed by atoms with E-state index in [4.69, 9.17) is 4.74 Å². The first-order valence-corrected chi connectivity index (χ1v) is 11.0. The van der Waals surface area contributed by atoms with Crippen molar-refractivity contribution in [3.05, 3.63) is 53.6 Å². The average molecular weight is 457 g/mol. The Hall–Kier alpha value is -2.79. The van der Waals surface area contributed by atoms with Gasteiger partial charge < -0.3 is 4.74 Å². The fraction of sp³-hybridized carbons (Fsp3) is 0.350. The number of rotatable bonds is 7. The molecule has 11 heteroatoms. The van der Waals surface area contributed by atoms with E-state index in [0.29, 0.717) is 0 Å². The number of nitrogens with one attached hydrogen (secondary N) is 3. The summed E-state index contributed by atoms with van der Waals surface area (Å²) < 4.78 is 71.8. The van der Waals surface area contributed by atoms with Gasteiger partial charge in [0.25, 0.3) is 5.91 Å². The smallest absolute Gasteiger partial charge is 0.416 e. The predicted molar refractivity (Wildman–Crippen MR) is 108 cm³/mol. The van der Waals surface area contributed by atoms with Crippen molar-refractivity contribution in [2.45, 2.75) is 42.8 Å². The van der Waals surface area contributed by atoms with Crippen molar-refractivity contribution in [3.8, 4) is 5.75 Å². The van der Waals surface area contributed by atoms with Crippen LogP contribution in [0.15, 0.2) is 47.4 Å². The van der Waals surface area contributed by atoms with E-state index < -0.39 is 27.7 Å². The number of methoxy groups -OCH3 is 1. The fourth-order valence-corrected chi connectivity index (χ4v) is 4.83. The molecule has 0 heterocycles. The lowest BCUT2D eigenvalue weighted by molar-refractivity contribution is -0.137. The van der Waals surface area contributed by atoms with Crippen molar-refractivity contribution in [1.82, 2.24) is 10.1 Å². The second-order valence-corrected chi connectivity index (χ2v) is 8.81. The lowest BCUT2D eigenvalue weighted by atomic mass is 10.2. The highest BCUT2D eigenvalue weighted by Crippen LogP contribution is 2.31. The molecule has 0 aromatic heterocycles. The molecule has 0 radical (unpaired) electrons. The molecule has 1 amide bonds. The standard InChI is InChI=1S/C20H22F3N3O4S/c1-30-17-10-9-13(11-18(17)31(28,29)26-15-6-2-3-7-15)19(27)25-24-16-8-4-5-14(12-16)20(21,22)23/h4-5,8-12,15,24,26H,2-3,6-7H2,1H3,(H,25,27). The number of sulfonamides is 1. The van der Waals surface area contributed by atoms with Gasteiger partial charge in [0, 0.05) is 11.6 Å². The molecule has 0 aliphatic heterocycles. The maximum Gasteiger partial charge on any atom is 0.416 e. The molecule has 0 saturated heterocycles. The number of halogens is 3. The van der Waals surface area contributed by atoms with Gasteiger partial charge in [0.05, 0.1) is 18.4 Å². The summed E-state index contributed by atoms with van der Waals surface area (Å²) in [5.74, 6) is -0.648. The Kier molecular flexibility index (Phi) is 6.75. The monoisotopic (exact) mass is 457 g/mol. The summed E-state index contributed by atoms with van der Waals surface area (Å²) in [5.41, 5.74) is 3.82. The van der Waals surface area contributed by atoms with Gasteiger partial charge in [-0.1, -0.05) is 18.9 Å². The van der Waals surface area contributed by atoms with Gasteiger partial charge in [-0.25, -0.2) is 13.1 Å². The molecule has 2 aromatic carbocycles. The van der Waals surface area contributed by atoms with Crippen molar-refractivity contribution < 1.29 is 31.1 Å². The van der Waals surface area contributed by atoms with Crippen molar-refractivity contribution in [2.24, 2.45) is 0 Å². The Morgan fingerprint density at radius 2 is 1.81 bits per heavy atom. The molecular formula is C20H22F3N3O4S. The highest BCUT2D eigenvalue weighted by molar-refractivity contribution is 7.89. The molecule has 168 valence electrons. The predicted octanol–water partition coefficient (Wildman–Crippen LogP) is 3.69. The summed E-state index contributed by atoms with van der Waals surface area (Å²) in [6.45, 7) is 0. The summed E-state index contributed by atoms with van der Waals surface area (Å²) in [6.07, 6.45) is -1.17. The van der Waals surface area contributed by atoms with Crippen molar-refractivity contribution in [2.75, 3.05) is 12.5 Å². The van der Waals surface area contributed by atoms with Gasteiger partial charge in [-0.3, -0.25) is 15.6 Å². The fourth-order valence-electron chi connectivity index (χ4n) is 3.33. The third-order valence-electron chi connectivity index (χ3n) is 4.90. The van der Waals surface area contributed by atoms with Crippen LogP contribution in [0.2, 0.25) is 0 Å². The van der Waals surface area contributed by atoms with Gasteiger partial charge in [0.1, 0.15) is 10.6 Å². The number of carbonyl (C=O) groups excluding carboxylic acids is 1. The molecule has 0 spiro atoms. The molecule has 2 aromatic rings. The van der Waals surface area contributed by atoms with E-state index in [1.807, 2.05) is 0 Å². The van der Waals surface area contributed by atoms with Crippen LogP contribution in [0.5, 0.6) is 5.75 Å². The minimum absolute atomic E-state index is 0.00734. The van der Waals surface area contributed by atoms with Crippen LogP contribution in [0.1, 0.15) is 41.6 Å². The second-order valence-electron chi connectivity index (χ2n) is 7.13. The first kappa shape index (κ1) is 22.9. The Labute approximate surface area is 178 Å². The van der Waals surface area contributed by atoms with Crippen LogP contribution >= 0.6 is 0 Å². The van der Waals surface area contributed by atoms with Gasteiger partial charge in [-0.15, -0.1) is 0 Å². The van der Waals surface area contributed by atoms with E-state index in [2.05, 4.69) is 15.6 Å². The van der Waals surface area contributed by atoms with Gasteiger partial charge in [0.2, 0.25) is 10.0 Å². The van der Waals surface area contributed by atoms with E-state index in [-0.39, 0.29) is 27.9 Å². The molecule has 0 unspecified atom stereocenters. The molecule has 7 nitrogen and oxygen atoms in total. The van der Waals surface area contributed by atoms with Crippen LogP contribution in [-0.4, -0.2) is 27.5 Å². The highest BCUT2D eigenvalue weighted by atomic mass is 32.2. The van der Waals surface area contributed by atoms with Crippen molar-refractivity contribution >= 4 is 21.6 Å². The van der Waals surface area contributed by atoms with Crippen LogP contribution in [-0.2, 0) is 16.2 Å². The number of hydrogen-bond acceptors (Lipinski definition) is 5. The number of carbonyl (C=O) groups is 1. The van der Waals surface area contributed by atoms with Crippen LogP contribution < -0.4 is 20.3 Å². The van der Waals surface area contributed by atoms with E-state index >= 15 is 0 Å². The second kappa shape index (κ2) is 9.15. The van der Waals surface area contributed by atoms with E-state index in [0.717, 1.165) is 37.8 Å². The lowest BCUT2D eigenvalue weighted by Gasteiger charge is -2.16. The third-order valence-corrected chi connectivity index (χ3v) is 6.44. The van der Waals surface area contributed by atoms with Crippen LogP contribution in [0.3, 0.4) is 0 Å². The maximum atomic E-state index is 12.8. The Morgan fingerprint density at radius 1 is 1.10 bits per heavy atom. The molecule has 1 aliphatic rings. The van der Waals surface area contributed by atoms with Crippen molar-refractivity contribution in [3.63, 3.8) is 0 Å². The zero-order valence-corrected chi connectivity index (χ0v) is 17.4. The maximum absolute atomic E-state index is 12.8. The molecule has 3 N–H and O–H groups in total. The number of anilines is 1. The minimum Gasteiger partial charge on any atom is -0.495 e. The zero-order chi connectivity index (χ0) is 22.6. The number of benzene rings is 2. The third kappa shape index (κ3) is 5.67. The van der Waals surface area contributed by atoms with Crippen LogP contribution in [0.25, 0.3) is 0 Å². The first-order chi connectivity index (χ1) is 14.6. The SMILES string of the molecule is COc1ccc(C(=O)NNc2cccc(C(F)(F)F)c2)cc1S(=O)(=O)NC1CCCC1. The Bertz CT molecular complexity index is 1050. The number of ether oxygens (including phenoxy) is 1. The summed E-state index contributed by atoms with van der Waals surface area (Å²) >= 11 is 0. The van der Waals surface area contributed by atoms with Gasteiger partial charge in [-0.2, -0.15) is 13.2 Å². The summed E-state index contributed by atoms with van der Waals surface area (Å²) in [5, 5.41) is 0. The zero-order valence-electron chi connectivity index (χ0n) is 16.6. The van der Waals surface area contributed by atoms with Crippen LogP contribution in [0.4, 0.5) is 18.9 Å². The summed E-state index contributed by atoms with van der Waals surface area (Å²) in [6, 6.07) is 8.00. The summed E-state index contributed by atoms with van der Waals surface area (Å²) in [4.78, 5) is 12.3. The lowest BCUT2D eigenvalue weighted by Crippen LogP contribution is -2.33. The molecule has 0 bridgehead atoms. The number of hydrogen-bond donors (Lipinski definition) is 3. The van der Waals surface area contributed by atoms with E-state index in [1.54, 1.807) is 0 Å². The average Bonchev–Trinajstić information content (AvgIpc) is 3.23. The summed E-state index contributed by atoms with van der Waals surface area (Å²) in [7, 11) is -2.61. The molecule has 3 rings (SSSR count). The molecule has 0 atom stereocenters. The molecule has 1 saturated carbocycles. The highest BCUT2D eigenvalue weighted by Gasteiger charge is 2.30. The quantitative estimate of drug-likeness (QED) is 0.551. The topological polar surface area (TPSA) is 96.5 Å². The van der Waals surface area contributed by atoms with Crippen molar-refractivity contribution in [1.29, 1.82) is 0 Å². The molecular weight excluding hydrogens is 435 g/mol. The van der Waals surface area contributed by atoms with E-state index in [1.165, 1.54) is 37.4 Å². The van der Waals surface area contributed by atoms with E-state index in [9.17, 15) is 26.4 Å². The Morgan fingerprint density at radius 3 is 2.45 bits per heavy atom. The number of amides is 1. The molecule has 31 heavy (non-hydrogen) atoms. The number of hydrazine groups is 1. The largest absolute Gasteiger partial charge is 0.495 e. The number of alkyl halides is 3. The molecule has 1 aliphatic carbocycles. The Balaban J connectivity index is 1.77. The van der Waals surface area contributed by atoms with Crippen LogP contribution in [0, 0.1) is 0 Å². The van der Waals surface area contributed by atoms with Gasteiger partial charge >= 0.3 is 6.18 Å². The normalized spacial score (nSPS) is 15.0. The van der Waals surface area contributed by atoms with Gasteiger partial charge in [-0.05, 0) is 49.2 Å².